The van der Waals surface area contributed by atoms with E-state index in [1.54, 1.807) is 0 Å². The molecule has 11 heteroatoms. The topological polar surface area (TPSA) is 106 Å². The van der Waals surface area contributed by atoms with E-state index in [4.69, 9.17) is 0 Å². The van der Waals surface area contributed by atoms with Crippen LogP contribution in [-0.4, -0.2) is 52.3 Å². The SMILES string of the molecule is Cc1ccc(CNC(=O)Cn2nc(C3CCCN(S(C)(=O)=O)C3)n(-c3cccs3)c2=O)cc1. The van der Waals surface area contributed by atoms with Crippen LogP contribution in [0.4, 0.5) is 0 Å². The van der Waals surface area contributed by atoms with Crippen molar-refractivity contribution >= 4 is 27.3 Å². The average molecular weight is 490 g/mol. The predicted molar refractivity (Wildman–Crippen MR) is 127 cm³/mol. The molecule has 1 aromatic carbocycles. The Hall–Kier alpha value is -2.76. The van der Waals surface area contributed by atoms with Gasteiger partial charge in [0.25, 0.3) is 0 Å². The summed E-state index contributed by atoms with van der Waals surface area (Å²) >= 11 is 1.39. The van der Waals surface area contributed by atoms with Gasteiger partial charge in [0, 0.05) is 25.6 Å². The third kappa shape index (κ3) is 5.43. The molecule has 0 radical (unpaired) electrons. The highest BCUT2D eigenvalue weighted by Crippen LogP contribution is 2.28. The summed E-state index contributed by atoms with van der Waals surface area (Å²) in [6.07, 6.45) is 2.59. The molecule has 1 N–H and O–H groups in total. The van der Waals surface area contributed by atoms with Crippen LogP contribution in [-0.2, 0) is 27.9 Å². The lowest BCUT2D eigenvalue weighted by Crippen LogP contribution is -2.39. The van der Waals surface area contributed by atoms with Crippen molar-refractivity contribution < 1.29 is 13.2 Å². The Labute approximate surface area is 196 Å². The van der Waals surface area contributed by atoms with Crippen LogP contribution >= 0.6 is 11.3 Å². The molecule has 1 fully saturated rings. The van der Waals surface area contributed by atoms with Crippen LogP contribution < -0.4 is 11.0 Å². The fourth-order valence-electron chi connectivity index (χ4n) is 3.95. The summed E-state index contributed by atoms with van der Waals surface area (Å²) in [5, 5.41) is 9.89. The first-order chi connectivity index (χ1) is 15.7. The number of hydrogen-bond acceptors (Lipinski definition) is 6. The first-order valence-corrected chi connectivity index (χ1v) is 13.5. The van der Waals surface area contributed by atoms with E-state index in [2.05, 4.69) is 10.4 Å². The zero-order chi connectivity index (χ0) is 23.6. The molecule has 0 saturated carbocycles. The number of sulfonamides is 1. The van der Waals surface area contributed by atoms with Crippen LogP contribution in [0.25, 0.3) is 5.00 Å². The molecule has 176 valence electrons. The Morgan fingerprint density at radius 2 is 2.00 bits per heavy atom. The number of hydrogen-bond donors (Lipinski definition) is 1. The number of amides is 1. The van der Waals surface area contributed by atoms with Crippen molar-refractivity contribution in [2.24, 2.45) is 0 Å². The van der Waals surface area contributed by atoms with Gasteiger partial charge in [-0.25, -0.2) is 26.8 Å². The Morgan fingerprint density at radius 3 is 2.67 bits per heavy atom. The highest BCUT2D eigenvalue weighted by Gasteiger charge is 2.32. The largest absolute Gasteiger partial charge is 0.351 e. The number of nitrogens with zero attached hydrogens (tertiary/aromatic N) is 4. The van der Waals surface area contributed by atoms with E-state index in [9.17, 15) is 18.0 Å². The van der Waals surface area contributed by atoms with E-state index >= 15 is 0 Å². The Bertz CT molecular complexity index is 1280. The molecule has 1 amide bonds. The van der Waals surface area contributed by atoms with Crippen molar-refractivity contribution in [1.82, 2.24) is 24.0 Å². The smallest absolute Gasteiger partial charge is 0.350 e. The van der Waals surface area contributed by atoms with Gasteiger partial charge in [0.05, 0.1) is 6.26 Å². The summed E-state index contributed by atoms with van der Waals surface area (Å²) in [5.74, 6) is -0.0660. The van der Waals surface area contributed by atoms with Gasteiger partial charge in [0.1, 0.15) is 17.4 Å². The quantitative estimate of drug-likeness (QED) is 0.545. The van der Waals surface area contributed by atoms with Crippen molar-refractivity contribution in [3.05, 3.63) is 69.2 Å². The van der Waals surface area contributed by atoms with Gasteiger partial charge < -0.3 is 5.32 Å². The second-order valence-corrected chi connectivity index (χ2v) is 11.2. The lowest BCUT2D eigenvalue weighted by atomic mass is 9.99. The summed E-state index contributed by atoms with van der Waals surface area (Å²) in [7, 11) is -3.34. The molecular formula is C22H27N5O4S2. The fourth-order valence-corrected chi connectivity index (χ4v) is 5.59. The van der Waals surface area contributed by atoms with Crippen LogP contribution in [0.15, 0.2) is 46.6 Å². The van der Waals surface area contributed by atoms with Crippen LogP contribution in [0.3, 0.4) is 0 Å². The normalized spacial score (nSPS) is 17.2. The Morgan fingerprint density at radius 1 is 1.24 bits per heavy atom. The second kappa shape index (κ2) is 9.62. The predicted octanol–water partition coefficient (Wildman–Crippen LogP) is 1.86. The Kier molecular flexibility index (Phi) is 6.82. The minimum Gasteiger partial charge on any atom is -0.350 e. The number of carbonyl (C=O) groups excluding carboxylic acids is 1. The summed E-state index contributed by atoms with van der Waals surface area (Å²) in [4.78, 5) is 25.8. The van der Waals surface area contributed by atoms with Gasteiger partial charge in [-0.15, -0.1) is 11.3 Å². The van der Waals surface area contributed by atoms with Crippen molar-refractivity contribution in [2.45, 2.75) is 38.8 Å². The molecule has 9 nitrogen and oxygen atoms in total. The molecule has 1 saturated heterocycles. The van der Waals surface area contributed by atoms with Gasteiger partial charge >= 0.3 is 5.69 Å². The molecule has 1 atom stereocenters. The van der Waals surface area contributed by atoms with E-state index in [1.165, 1.54) is 31.1 Å². The Balaban J connectivity index is 1.57. The van der Waals surface area contributed by atoms with E-state index < -0.39 is 15.7 Å². The van der Waals surface area contributed by atoms with Gasteiger partial charge in [-0.2, -0.15) is 5.10 Å². The monoisotopic (exact) mass is 489 g/mol. The zero-order valence-corrected chi connectivity index (χ0v) is 20.2. The maximum Gasteiger partial charge on any atom is 0.351 e. The number of piperidine rings is 1. The van der Waals surface area contributed by atoms with Crippen molar-refractivity contribution in [3.8, 4) is 5.00 Å². The molecule has 3 heterocycles. The summed E-state index contributed by atoms with van der Waals surface area (Å²) in [6.45, 7) is 2.87. The van der Waals surface area contributed by atoms with Crippen LogP contribution in [0.2, 0.25) is 0 Å². The van der Waals surface area contributed by atoms with E-state index in [0.717, 1.165) is 11.1 Å². The molecule has 2 aromatic heterocycles. The standard InChI is InChI=1S/C22H27N5O4S2/c1-16-7-9-17(10-8-16)13-23-19(28)15-26-22(29)27(20-6-4-12-32-20)21(24-26)18-5-3-11-25(14-18)33(2,30)31/h4,6-10,12,18H,3,5,11,13-15H2,1-2H3,(H,23,28). The van der Waals surface area contributed by atoms with Gasteiger partial charge in [-0.3, -0.25) is 4.79 Å². The molecule has 1 aliphatic heterocycles. The third-order valence-electron chi connectivity index (χ3n) is 5.71. The number of carbonyl (C=O) groups is 1. The molecular weight excluding hydrogens is 462 g/mol. The summed E-state index contributed by atoms with van der Waals surface area (Å²) in [5.41, 5.74) is 1.70. The number of thiophene rings is 1. The molecule has 0 aliphatic carbocycles. The molecule has 0 spiro atoms. The van der Waals surface area contributed by atoms with Crippen LogP contribution in [0.1, 0.15) is 35.7 Å². The minimum atomic E-state index is -3.34. The van der Waals surface area contributed by atoms with Crippen LogP contribution in [0, 0.1) is 6.92 Å². The number of aromatic nitrogens is 3. The van der Waals surface area contributed by atoms with Gasteiger partial charge in [0.2, 0.25) is 15.9 Å². The number of nitrogens with one attached hydrogen (secondary N) is 1. The second-order valence-electron chi connectivity index (χ2n) is 8.31. The minimum absolute atomic E-state index is 0.210. The molecule has 1 aliphatic rings. The van der Waals surface area contributed by atoms with E-state index in [0.29, 0.717) is 36.8 Å². The molecule has 33 heavy (non-hydrogen) atoms. The van der Waals surface area contributed by atoms with Crippen LogP contribution in [0.5, 0.6) is 0 Å². The zero-order valence-electron chi connectivity index (χ0n) is 18.6. The number of benzene rings is 1. The molecule has 3 aromatic rings. The van der Waals surface area contributed by atoms with Gasteiger partial charge in [0.15, 0.2) is 0 Å². The van der Waals surface area contributed by atoms with Crippen molar-refractivity contribution in [2.75, 3.05) is 19.3 Å². The maximum absolute atomic E-state index is 13.2. The van der Waals surface area contributed by atoms with E-state index in [-0.39, 0.29) is 24.9 Å². The van der Waals surface area contributed by atoms with Crippen molar-refractivity contribution in [3.63, 3.8) is 0 Å². The van der Waals surface area contributed by atoms with Gasteiger partial charge in [-0.1, -0.05) is 29.8 Å². The fraction of sp³-hybridized carbons (Fsp3) is 0.409. The highest BCUT2D eigenvalue weighted by molar-refractivity contribution is 7.88. The highest BCUT2D eigenvalue weighted by atomic mass is 32.2. The summed E-state index contributed by atoms with van der Waals surface area (Å²) in [6, 6.07) is 11.5. The van der Waals surface area contributed by atoms with Crippen molar-refractivity contribution in [1.29, 1.82) is 0 Å². The molecule has 1 unspecified atom stereocenters. The first kappa shape index (κ1) is 23.4. The third-order valence-corrected chi connectivity index (χ3v) is 7.84. The number of aryl methyl sites for hydroxylation is 1. The summed E-state index contributed by atoms with van der Waals surface area (Å²) < 4.78 is 28.3. The first-order valence-electron chi connectivity index (χ1n) is 10.7. The molecule has 0 bridgehead atoms. The lowest BCUT2D eigenvalue weighted by molar-refractivity contribution is -0.122. The lowest BCUT2D eigenvalue weighted by Gasteiger charge is -2.30. The van der Waals surface area contributed by atoms with E-state index in [1.807, 2.05) is 48.7 Å². The maximum atomic E-state index is 13.2. The molecule has 4 rings (SSSR count). The number of rotatable bonds is 7. The van der Waals surface area contributed by atoms with Gasteiger partial charge in [-0.05, 0) is 42.8 Å². The average Bonchev–Trinajstić information content (AvgIpc) is 3.41.